The van der Waals surface area contributed by atoms with E-state index in [0.29, 0.717) is 0 Å². The zero-order valence-electron chi connectivity index (χ0n) is 38.7. The zero-order valence-corrected chi connectivity index (χ0v) is 38.7. The Morgan fingerprint density at radius 1 is 0.377 bits per heavy atom. The fourth-order valence-corrected chi connectivity index (χ4v) is 12.1. The lowest BCUT2D eigenvalue weighted by atomic mass is 9.82. The van der Waals surface area contributed by atoms with E-state index >= 15 is 0 Å². The van der Waals surface area contributed by atoms with Crippen LogP contribution in [-0.4, -0.2) is 9.13 Å². The maximum Gasteiger partial charge on any atom is 0.0547 e. The van der Waals surface area contributed by atoms with Crippen molar-refractivity contribution in [2.75, 3.05) is 0 Å². The van der Waals surface area contributed by atoms with Crippen molar-refractivity contribution in [2.45, 2.75) is 32.1 Å². The van der Waals surface area contributed by atoms with Crippen molar-refractivity contribution in [1.29, 1.82) is 0 Å². The van der Waals surface area contributed by atoms with Crippen molar-refractivity contribution in [2.24, 2.45) is 0 Å². The Kier molecular flexibility index (Phi) is 8.79. The lowest BCUT2D eigenvalue weighted by Gasteiger charge is -2.21. The highest BCUT2D eigenvalue weighted by Crippen LogP contribution is 2.50. The number of allylic oxidation sites excluding steroid dienone is 1. The first-order chi connectivity index (χ1) is 34.0. The van der Waals surface area contributed by atoms with Gasteiger partial charge in [-0.05, 0) is 139 Å². The maximum absolute atomic E-state index is 2.56. The normalized spacial score (nSPS) is 13.6. The molecule has 2 nitrogen and oxygen atoms in total. The molecule has 0 atom stereocenters. The Balaban J connectivity index is 0.959. The minimum atomic E-state index is -0.0477. The summed E-state index contributed by atoms with van der Waals surface area (Å²) in [4.78, 5) is 0. The minimum Gasteiger partial charge on any atom is -0.313 e. The Morgan fingerprint density at radius 3 is 1.70 bits per heavy atom. The van der Waals surface area contributed by atoms with Crippen molar-refractivity contribution in [3.8, 4) is 67.0 Å². The van der Waals surface area contributed by atoms with Gasteiger partial charge in [0.15, 0.2) is 0 Å². The fraction of sp³-hybridized carbons (Fsp3) is 0.0746. The molecule has 2 aliphatic carbocycles. The summed E-state index contributed by atoms with van der Waals surface area (Å²) in [5, 5.41) is 6.29. The van der Waals surface area contributed by atoms with Crippen LogP contribution in [-0.2, 0) is 11.8 Å². The van der Waals surface area contributed by atoms with E-state index in [1.165, 1.54) is 133 Å². The average Bonchev–Trinajstić information content (AvgIpc) is 4.00. The summed E-state index contributed by atoms with van der Waals surface area (Å²) < 4.78 is 5.05. The summed E-state index contributed by atoms with van der Waals surface area (Å²) in [5.74, 6) is 0. The van der Waals surface area contributed by atoms with Gasteiger partial charge in [-0.2, -0.15) is 0 Å². The highest BCUT2D eigenvalue weighted by Gasteiger charge is 2.35. The molecule has 0 saturated carbocycles. The van der Waals surface area contributed by atoms with Gasteiger partial charge in [0, 0.05) is 44.2 Å². The molecule has 2 aliphatic rings. The molecule has 0 radical (unpaired) electrons. The van der Waals surface area contributed by atoms with E-state index in [2.05, 4.69) is 254 Å². The summed E-state index contributed by atoms with van der Waals surface area (Å²) in [6.07, 6.45) is 6.70. The lowest BCUT2D eigenvalue weighted by molar-refractivity contribution is 0.660. The molecule has 14 rings (SSSR count). The third-order valence-electron chi connectivity index (χ3n) is 15.4. The van der Waals surface area contributed by atoms with E-state index in [0.717, 1.165) is 12.8 Å². The van der Waals surface area contributed by atoms with Gasteiger partial charge < -0.3 is 9.13 Å². The van der Waals surface area contributed by atoms with Crippen LogP contribution in [0.3, 0.4) is 0 Å². The second kappa shape index (κ2) is 15.3. The Morgan fingerprint density at radius 2 is 0.971 bits per heavy atom. The summed E-state index contributed by atoms with van der Waals surface area (Å²) in [5.41, 5.74) is 23.8. The van der Waals surface area contributed by atoms with Crippen LogP contribution in [0.15, 0.2) is 224 Å². The first-order valence-electron chi connectivity index (χ1n) is 24.4. The molecule has 0 saturated heterocycles. The maximum atomic E-state index is 2.56. The van der Waals surface area contributed by atoms with E-state index < -0.39 is 0 Å². The number of rotatable bonds is 6. The van der Waals surface area contributed by atoms with Crippen molar-refractivity contribution < 1.29 is 0 Å². The van der Waals surface area contributed by atoms with Crippen LogP contribution in [0.5, 0.6) is 0 Å². The van der Waals surface area contributed by atoms with E-state index in [4.69, 9.17) is 0 Å². The third-order valence-corrected chi connectivity index (χ3v) is 15.4. The van der Waals surface area contributed by atoms with Gasteiger partial charge in [0.1, 0.15) is 0 Å². The summed E-state index contributed by atoms with van der Waals surface area (Å²) >= 11 is 0. The molecule has 2 aromatic heterocycles. The third kappa shape index (κ3) is 6.12. The van der Waals surface area contributed by atoms with Crippen molar-refractivity contribution in [3.05, 3.63) is 247 Å². The molecular weight excluding hydrogens is 833 g/mol. The highest BCUT2D eigenvalue weighted by atomic mass is 15.0. The average molecular weight is 881 g/mol. The van der Waals surface area contributed by atoms with Crippen LogP contribution >= 0.6 is 0 Å². The van der Waals surface area contributed by atoms with E-state index in [-0.39, 0.29) is 5.41 Å². The second-order valence-electron chi connectivity index (χ2n) is 19.6. The van der Waals surface area contributed by atoms with E-state index in [9.17, 15) is 0 Å². The standard InChI is InChI=1S/C67H48N2/c1-67(2)60-28-12-9-23-54(60)59-42-50(33-36-61(59)67)68-62-29-13-10-24-55(62)57-34-31-46(40-64(57)68)52-26-15-21-45-22-16-27-53(66(45)52)47-32-35-58-56-25-11-14-30-63(56)69(65(58)41-47)51-38-48(43-17-5-3-6-18-43)37-49(39-51)44-19-7-4-8-20-44/h3-13,15-29,31-42H,14,30H2,1-2H3. The zero-order chi connectivity index (χ0) is 45.8. The summed E-state index contributed by atoms with van der Waals surface area (Å²) in [6.45, 7) is 4.71. The molecule has 2 heteroatoms. The van der Waals surface area contributed by atoms with Crippen molar-refractivity contribution >= 4 is 49.6 Å². The second-order valence-corrected chi connectivity index (χ2v) is 19.6. The number of aromatic nitrogens is 2. The molecule has 0 amide bonds. The van der Waals surface area contributed by atoms with Crippen LogP contribution < -0.4 is 0 Å². The van der Waals surface area contributed by atoms with Gasteiger partial charge in [0.05, 0.1) is 16.6 Å². The van der Waals surface area contributed by atoms with Crippen LogP contribution in [0.25, 0.3) is 117 Å². The van der Waals surface area contributed by atoms with Crippen LogP contribution in [0.1, 0.15) is 42.7 Å². The topological polar surface area (TPSA) is 9.86 Å². The first-order valence-corrected chi connectivity index (χ1v) is 24.4. The minimum absolute atomic E-state index is 0.0477. The molecular formula is C67H48N2. The largest absolute Gasteiger partial charge is 0.313 e. The summed E-state index contributed by atoms with van der Waals surface area (Å²) in [6, 6.07) is 81.6. The van der Waals surface area contributed by atoms with Gasteiger partial charge in [0.25, 0.3) is 0 Å². The van der Waals surface area contributed by atoms with Crippen LogP contribution in [0, 0.1) is 0 Å². The molecule has 0 spiro atoms. The SMILES string of the molecule is CC1(C)c2ccccc2-c2cc(-n3c4ccccc4c4ccc(-c5cccc6cccc(-c7ccc8c9c(n(-c%10cc(-c%11ccccc%11)cc(-c%11ccccc%11)c%10)c8c7)CCC=C9)c56)cc43)ccc21. The predicted molar refractivity (Wildman–Crippen MR) is 292 cm³/mol. The molecule has 0 unspecified atom stereocenters. The van der Waals surface area contributed by atoms with Gasteiger partial charge in [-0.15, -0.1) is 0 Å². The van der Waals surface area contributed by atoms with Gasteiger partial charge in [0.2, 0.25) is 0 Å². The Bertz CT molecular complexity index is 4020. The molecule has 326 valence electrons. The number of fused-ring (bicyclic) bond motifs is 10. The molecule has 0 aliphatic heterocycles. The first kappa shape index (κ1) is 39.7. The quantitative estimate of drug-likeness (QED) is 0.157. The molecule has 69 heavy (non-hydrogen) atoms. The molecule has 10 aromatic carbocycles. The van der Waals surface area contributed by atoms with Crippen LogP contribution in [0.2, 0.25) is 0 Å². The fourth-order valence-electron chi connectivity index (χ4n) is 12.1. The Hall–Kier alpha value is -8.46. The predicted octanol–water partition coefficient (Wildman–Crippen LogP) is 17.8. The van der Waals surface area contributed by atoms with Gasteiger partial charge in [-0.1, -0.05) is 196 Å². The molecule has 2 heterocycles. The monoisotopic (exact) mass is 880 g/mol. The van der Waals surface area contributed by atoms with Crippen molar-refractivity contribution in [3.63, 3.8) is 0 Å². The van der Waals surface area contributed by atoms with Gasteiger partial charge >= 0.3 is 0 Å². The van der Waals surface area contributed by atoms with Gasteiger partial charge in [-0.25, -0.2) is 0 Å². The highest BCUT2D eigenvalue weighted by molar-refractivity contribution is 6.13. The Labute approximate surface area is 402 Å². The number of hydrogen-bond donors (Lipinski definition) is 0. The molecule has 12 aromatic rings. The smallest absolute Gasteiger partial charge is 0.0547 e. The number of para-hydroxylation sites is 1. The molecule has 0 bridgehead atoms. The number of nitrogens with zero attached hydrogens (tertiary/aromatic N) is 2. The molecule has 0 fully saturated rings. The van der Waals surface area contributed by atoms with Gasteiger partial charge in [-0.3, -0.25) is 0 Å². The number of benzene rings is 10. The summed E-state index contributed by atoms with van der Waals surface area (Å²) in [7, 11) is 0. The van der Waals surface area contributed by atoms with Crippen molar-refractivity contribution in [1.82, 2.24) is 9.13 Å². The lowest BCUT2D eigenvalue weighted by Crippen LogP contribution is -2.14. The van der Waals surface area contributed by atoms with E-state index in [1.807, 2.05) is 0 Å². The van der Waals surface area contributed by atoms with E-state index in [1.54, 1.807) is 0 Å². The number of hydrogen-bond acceptors (Lipinski definition) is 0. The molecule has 0 N–H and O–H groups in total. The van der Waals surface area contributed by atoms with Crippen LogP contribution in [0.4, 0.5) is 0 Å².